The predicted octanol–water partition coefficient (Wildman–Crippen LogP) is 1.74. The van der Waals surface area contributed by atoms with Gasteiger partial charge in [0.05, 0.1) is 24.9 Å². The van der Waals surface area contributed by atoms with E-state index in [4.69, 9.17) is 4.74 Å². The van der Waals surface area contributed by atoms with Crippen molar-refractivity contribution in [3.05, 3.63) is 52.6 Å². The van der Waals surface area contributed by atoms with Crippen LogP contribution < -0.4 is 5.32 Å². The van der Waals surface area contributed by atoms with E-state index in [0.717, 1.165) is 5.69 Å². The molecule has 2 heterocycles. The van der Waals surface area contributed by atoms with Crippen LogP contribution in [0.1, 0.15) is 37.8 Å². The maximum Gasteiger partial charge on any atom is 0.339 e. The van der Waals surface area contributed by atoms with Gasteiger partial charge in [-0.1, -0.05) is 6.07 Å². The summed E-state index contributed by atoms with van der Waals surface area (Å²) >= 11 is 0. The van der Waals surface area contributed by atoms with E-state index in [1.165, 1.54) is 7.11 Å². The second kappa shape index (κ2) is 6.21. The Balaban J connectivity index is 2.15. The second-order valence-corrected chi connectivity index (χ2v) is 4.62. The molecule has 0 aliphatic heterocycles. The summed E-state index contributed by atoms with van der Waals surface area (Å²) in [5.74, 6) is -0.735. The minimum atomic E-state index is -0.454. The van der Waals surface area contributed by atoms with Gasteiger partial charge >= 0.3 is 5.97 Å². The number of rotatable bonds is 4. The molecule has 0 aromatic carbocycles. The topological polar surface area (TPSA) is 84.1 Å². The van der Waals surface area contributed by atoms with Crippen LogP contribution in [0.4, 0.5) is 0 Å². The molecule has 0 aliphatic rings. The smallest absolute Gasteiger partial charge is 0.339 e. The monoisotopic (exact) mass is 287 g/mol. The molecule has 2 aromatic heterocycles. The zero-order valence-electron chi connectivity index (χ0n) is 12.2. The summed E-state index contributed by atoms with van der Waals surface area (Å²) < 4.78 is 4.72. The van der Waals surface area contributed by atoms with Gasteiger partial charge in [0.1, 0.15) is 5.69 Å². The summed E-state index contributed by atoms with van der Waals surface area (Å²) in [5, 5.41) is 2.77. The number of nitrogens with one attached hydrogen (secondary N) is 2. The highest BCUT2D eigenvalue weighted by atomic mass is 16.5. The highest BCUT2D eigenvalue weighted by Crippen LogP contribution is 2.18. The zero-order chi connectivity index (χ0) is 15.4. The number of methoxy groups -OCH3 is 1. The number of carbonyl (C=O) groups excluding carboxylic acids is 2. The number of nitrogens with zero attached hydrogens (tertiary/aromatic N) is 1. The number of pyridine rings is 1. The molecule has 0 aliphatic carbocycles. The van der Waals surface area contributed by atoms with Crippen LogP contribution in [0.15, 0.2) is 24.4 Å². The quantitative estimate of drug-likeness (QED) is 0.839. The molecule has 21 heavy (non-hydrogen) atoms. The fraction of sp³-hybridized carbons (Fsp3) is 0.267. The minimum Gasteiger partial charge on any atom is -0.465 e. The molecule has 0 unspecified atom stereocenters. The molecule has 0 saturated heterocycles. The van der Waals surface area contributed by atoms with Gasteiger partial charge in [-0.3, -0.25) is 9.78 Å². The standard InChI is InChI=1S/C15H17N3O3/c1-9-12(15(20)21-3)10(2)18-13(9)14(19)17-8-11-6-4-5-7-16-11/h4-7,18H,8H2,1-3H3,(H,17,19). The summed E-state index contributed by atoms with van der Waals surface area (Å²) in [5.41, 5.74) is 2.73. The number of hydrogen-bond acceptors (Lipinski definition) is 4. The molecule has 0 radical (unpaired) electrons. The number of hydrogen-bond donors (Lipinski definition) is 2. The van der Waals surface area contributed by atoms with E-state index < -0.39 is 5.97 Å². The van der Waals surface area contributed by atoms with E-state index in [-0.39, 0.29) is 5.91 Å². The van der Waals surface area contributed by atoms with Gasteiger partial charge < -0.3 is 15.0 Å². The first-order chi connectivity index (χ1) is 10.0. The lowest BCUT2D eigenvalue weighted by molar-refractivity contribution is 0.0599. The van der Waals surface area contributed by atoms with Crippen LogP contribution >= 0.6 is 0 Å². The Labute approximate surface area is 122 Å². The SMILES string of the molecule is COC(=O)c1c(C)[nH]c(C(=O)NCc2ccccn2)c1C. The van der Waals surface area contributed by atoms with Crippen LogP contribution in [0.2, 0.25) is 0 Å². The van der Waals surface area contributed by atoms with E-state index in [2.05, 4.69) is 15.3 Å². The normalized spacial score (nSPS) is 10.2. The number of aryl methyl sites for hydroxylation is 1. The number of amides is 1. The molecule has 0 atom stereocenters. The van der Waals surface area contributed by atoms with E-state index in [1.54, 1.807) is 20.0 Å². The predicted molar refractivity (Wildman–Crippen MR) is 77.0 cm³/mol. The second-order valence-electron chi connectivity index (χ2n) is 4.62. The molecule has 6 heteroatoms. The van der Waals surface area contributed by atoms with Crippen molar-refractivity contribution in [2.75, 3.05) is 7.11 Å². The lowest BCUT2D eigenvalue weighted by atomic mass is 10.1. The fourth-order valence-corrected chi connectivity index (χ4v) is 2.15. The molecule has 0 spiro atoms. The number of aromatic nitrogens is 2. The van der Waals surface area contributed by atoms with Gasteiger partial charge in [-0.05, 0) is 31.5 Å². The number of aromatic amines is 1. The van der Waals surface area contributed by atoms with Crippen LogP contribution in [-0.2, 0) is 11.3 Å². The summed E-state index contributed by atoms with van der Waals surface area (Å²) in [6.45, 7) is 3.77. The Bertz CT molecular complexity index is 662. The molecule has 0 saturated carbocycles. The Morgan fingerprint density at radius 1 is 1.33 bits per heavy atom. The molecular formula is C15H17N3O3. The average Bonchev–Trinajstić information content (AvgIpc) is 2.80. The van der Waals surface area contributed by atoms with Crippen molar-refractivity contribution in [2.45, 2.75) is 20.4 Å². The van der Waals surface area contributed by atoms with Gasteiger partial charge in [-0.25, -0.2) is 4.79 Å². The fourth-order valence-electron chi connectivity index (χ4n) is 2.15. The first kappa shape index (κ1) is 14.8. The maximum atomic E-state index is 12.2. The molecule has 6 nitrogen and oxygen atoms in total. The first-order valence-corrected chi connectivity index (χ1v) is 6.50. The Morgan fingerprint density at radius 3 is 2.71 bits per heavy atom. The van der Waals surface area contributed by atoms with Crippen LogP contribution in [0, 0.1) is 13.8 Å². The molecule has 110 valence electrons. The Hall–Kier alpha value is -2.63. The minimum absolute atomic E-state index is 0.281. The third kappa shape index (κ3) is 3.10. The summed E-state index contributed by atoms with van der Waals surface area (Å²) in [7, 11) is 1.31. The van der Waals surface area contributed by atoms with Gasteiger partial charge in [-0.2, -0.15) is 0 Å². The highest BCUT2D eigenvalue weighted by Gasteiger charge is 2.22. The van der Waals surface area contributed by atoms with Crippen LogP contribution in [0.25, 0.3) is 0 Å². The van der Waals surface area contributed by atoms with Crippen molar-refractivity contribution in [1.29, 1.82) is 0 Å². The van der Waals surface area contributed by atoms with E-state index in [9.17, 15) is 9.59 Å². The lowest BCUT2D eigenvalue weighted by Crippen LogP contribution is -2.24. The molecule has 2 aromatic rings. The third-order valence-electron chi connectivity index (χ3n) is 3.21. The molecule has 2 rings (SSSR count). The van der Waals surface area contributed by atoms with Crippen molar-refractivity contribution < 1.29 is 14.3 Å². The molecule has 2 N–H and O–H groups in total. The van der Waals surface area contributed by atoms with Crippen molar-refractivity contribution in [3.63, 3.8) is 0 Å². The van der Waals surface area contributed by atoms with Gasteiger partial charge in [0.2, 0.25) is 0 Å². The average molecular weight is 287 g/mol. The van der Waals surface area contributed by atoms with Crippen molar-refractivity contribution in [2.24, 2.45) is 0 Å². The molecule has 0 bridgehead atoms. The van der Waals surface area contributed by atoms with Crippen molar-refractivity contribution in [1.82, 2.24) is 15.3 Å². The van der Waals surface area contributed by atoms with Gasteiger partial charge in [0.15, 0.2) is 0 Å². The third-order valence-corrected chi connectivity index (χ3v) is 3.21. The summed E-state index contributed by atoms with van der Waals surface area (Å²) in [6, 6.07) is 5.49. The molecule has 1 amide bonds. The van der Waals surface area contributed by atoms with Crippen LogP contribution in [0.3, 0.4) is 0 Å². The number of esters is 1. The highest BCUT2D eigenvalue weighted by molar-refractivity contribution is 6.00. The first-order valence-electron chi connectivity index (χ1n) is 6.50. The largest absolute Gasteiger partial charge is 0.465 e. The van der Waals surface area contributed by atoms with E-state index in [1.807, 2.05) is 18.2 Å². The van der Waals surface area contributed by atoms with E-state index >= 15 is 0 Å². The molecule has 0 fully saturated rings. The van der Waals surface area contributed by atoms with Crippen molar-refractivity contribution >= 4 is 11.9 Å². The van der Waals surface area contributed by atoms with Crippen LogP contribution in [-0.4, -0.2) is 29.0 Å². The van der Waals surface area contributed by atoms with Crippen molar-refractivity contribution in [3.8, 4) is 0 Å². The van der Waals surface area contributed by atoms with Crippen LogP contribution in [0.5, 0.6) is 0 Å². The number of carbonyl (C=O) groups is 2. The zero-order valence-corrected chi connectivity index (χ0v) is 12.2. The van der Waals surface area contributed by atoms with Gasteiger partial charge in [0.25, 0.3) is 5.91 Å². The lowest BCUT2D eigenvalue weighted by Gasteiger charge is -2.04. The number of ether oxygens (including phenoxy) is 1. The van der Waals surface area contributed by atoms with Gasteiger partial charge in [0, 0.05) is 11.9 Å². The van der Waals surface area contributed by atoms with Gasteiger partial charge in [-0.15, -0.1) is 0 Å². The molecular weight excluding hydrogens is 270 g/mol. The summed E-state index contributed by atoms with van der Waals surface area (Å²) in [4.78, 5) is 30.9. The van der Waals surface area contributed by atoms with E-state index in [0.29, 0.717) is 29.1 Å². The maximum absolute atomic E-state index is 12.2. The number of H-pyrrole nitrogens is 1. The Morgan fingerprint density at radius 2 is 2.10 bits per heavy atom. The summed E-state index contributed by atoms with van der Waals surface area (Å²) in [6.07, 6.45) is 1.67. The Kier molecular flexibility index (Phi) is 4.37.